The number of thioether (sulfide) groups is 1. The van der Waals surface area contributed by atoms with E-state index in [0.717, 1.165) is 23.3 Å². The van der Waals surface area contributed by atoms with E-state index < -0.39 is 64.0 Å². The summed E-state index contributed by atoms with van der Waals surface area (Å²) in [6, 6.07) is 15.2. The van der Waals surface area contributed by atoms with Crippen LogP contribution in [0.4, 0.5) is 28.0 Å². The summed E-state index contributed by atoms with van der Waals surface area (Å²) in [5.41, 5.74) is 0.229. The van der Waals surface area contributed by atoms with Crippen molar-refractivity contribution >= 4 is 35.3 Å². The monoisotopic (exact) mass is 646 g/mol. The summed E-state index contributed by atoms with van der Waals surface area (Å²) in [4.78, 5) is 41.4. The van der Waals surface area contributed by atoms with Gasteiger partial charge in [0.1, 0.15) is 6.04 Å². The minimum absolute atomic E-state index is 0.0548. The van der Waals surface area contributed by atoms with Gasteiger partial charge >= 0.3 is 12.2 Å². The van der Waals surface area contributed by atoms with Gasteiger partial charge in [0.25, 0.3) is 5.91 Å². The second-order valence-electron chi connectivity index (χ2n) is 11.2. The van der Waals surface area contributed by atoms with Crippen molar-refractivity contribution in [3.05, 3.63) is 101 Å². The van der Waals surface area contributed by atoms with E-state index in [1.807, 2.05) is 50.4 Å². The molecule has 1 aliphatic heterocycles. The highest BCUT2D eigenvalue weighted by Gasteiger charge is 2.49. The number of halogens is 4. The van der Waals surface area contributed by atoms with Crippen LogP contribution in [-0.2, 0) is 28.7 Å². The predicted octanol–water partition coefficient (Wildman–Crippen LogP) is 5.24. The molecule has 0 unspecified atom stereocenters. The number of carbonyl (C=O) groups is 3. The molecule has 3 aromatic rings. The molecule has 0 aliphatic carbocycles. The number of amides is 4. The number of nitrogens with zero attached hydrogens (tertiary/aromatic N) is 1. The maximum atomic E-state index is 14.6. The van der Waals surface area contributed by atoms with Crippen molar-refractivity contribution in [1.29, 1.82) is 0 Å². The van der Waals surface area contributed by atoms with E-state index in [1.165, 1.54) is 16.7 Å². The SMILES string of the molecule is Cc1ccccc1CNC(=O)[C@H]1N(C(=O)[C@@H](O)[C@H](Cc2ccccc2)NC(=O)Nc2cccc(C(F)(F)F)c2F)CSC1(C)C. The van der Waals surface area contributed by atoms with Gasteiger partial charge in [0, 0.05) is 11.3 Å². The van der Waals surface area contributed by atoms with Gasteiger partial charge in [-0.2, -0.15) is 13.2 Å². The van der Waals surface area contributed by atoms with Crippen molar-refractivity contribution in [3.63, 3.8) is 0 Å². The minimum atomic E-state index is -4.99. The van der Waals surface area contributed by atoms with Gasteiger partial charge in [-0.05, 0) is 56.0 Å². The van der Waals surface area contributed by atoms with E-state index >= 15 is 0 Å². The third kappa shape index (κ3) is 8.14. The van der Waals surface area contributed by atoms with E-state index in [2.05, 4.69) is 10.6 Å². The van der Waals surface area contributed by atoms with Crippen LogP contribution in [0, 0.1) is 12.7 Å². The van der Waals surface area contributed by atoms with Gasteiger partial charge in [0.2, 0.25) is 5.91 Å². The van der Waals surface area contributed by atoms with E-state index in [1.54, 1.807) is 30.3 Å². The molecule has 240 valence electrons. The second kappa shape index (κ2) is 13.9. The Morgan fingerprint density at radius 2 is 1.69 bits per heavy atom. The molecule has 0 spiro atoms. The fourth-order valence-corrected chi connectivity index (χ4v) is 6.27. The van der Waals surface area contributed by atoms with Crippen molar-refractivity contribution in [2.45, 2.75) is 62.8 Å². The lowest BCUT2D eigenvalue weighted by Crippen LogP contribution is -2.59. The Labute approximate surface area is 262 Å². The van der Waals surface area contributed by atoms with Gasteiger partial charge in [-0.15, -0.1) is 11.8 Å². The van der Waals surface area contributed by atoms with Crippen molar-refractivity contribution in [2.75, 3.05) is 11.2 Å². The summed E-state index contributed by atoms with van der Waals surface area (Å²) in [5.74, 6) is -2.83. The number of aryl methyl sites for hydroxylation is 1. The van der Waals surface area contributed by atoms with Crippen molar-refractivity contribution in [3.8, 4) is 0 Å². The van der Waals surface area contributed by atoms with Crippen LogP contribution in [0.25, 0.3) is 0 Å². The normalized spacial score (nSPS) is 17.3. The Balaban J connectivity index is 1.54. The van der Waals surface area contributed by atoms with E-state index in [-0.39, 0.29) is 18.8 Å². The molecule has 3 atom stereocenters. The van der Waals surface area contributed by atoms with Gasteiger partial charge in [0.15, 0.2) is 11.9 Å². The number of aliphatic hydroxyl groups excluding tert-OH is 1. The van der Waals surface area contributed by atoms with E-state index in [9.17, 15) is 37.1 Å². The number of rotatable bonds is 9. The molecule has 0 saturated carbocycles. The number of alkyl halides is 3. The molecule has 0 radical (unpaired) electrons. The Bertz CT molecular complexity index is 1540. The zero-order valence-corrected chi connectivity index (χ0v) is 25.6. The van der Waals surface area contributed by atoms with Crippen LogP contribution >= 0.6 is 11.8 Å². The van der Waals surface area contributed by atoms with Crippen LogP contribution in [0.3, 0.4) is 0 Å². The molecule has 3 aromatic carbocycles. The van der Waals surface area contributed by atoms with Crippen molar-refractivity contribution in [2.24, 2.45) is 0 Å². The maximum Gasteiger partial charge on any atom is 0.419 e. The van der Waals surface area contributed by atoms with Crippen LogP contribution in [-0.4, -0.2) is 56.7 Å². The maximum absolute atomic E-state index is 14.6. The van der Waals surface area contributed by atoms with Gasteiger partial charge < -0.3 is 26.0 Å². The lowest BCUT2D eigenvalue weighted by Gasteiger charge is -2.33. The summed E-state index contributed by atoms with van der Waals surface area (Å²) in [6.07, 6.45) is -6.90. The molecule has 0 aromatic heterocycles. The lowest BCUT2D eigenvalue weighted by molar-refractivity contribution is -0.147. The molecule has 1 saturated heterocycles. The van der Waals surface area contributed by atoms with Gasteiger partial charge in [-0.3, -0.25) is 9.59 Å². The highest BCUT2D eigenvalue weighted by atomic mass is 32.2. The Morgan fingerprint density at radius 3 is 2.36 bits per heavy atom. The molecule has 1 heterocycles. The van der Waals surface area contributed by atoms with Crippen LogP contribution in [0.5, 0.6) is 0 Å². The third-order valence-corrected chi connectivity index (χ3v) is 8.97. The average molecular weight is 647 g/mol. The van der Waals surface area contributed by atoms with E-state index in [4.69, 9.17) is 0 Å². The summed E-state index contributed by atoms with van der Waals surface area (Å²) in [7, 11) is 0. The largest absolute Gasteiger partial charge is 0.419 e. The van der Waals surface area contributed by atoms with Crippen LogP contribution in [0.15, 0.2) is 72.8 Å². The number of nitrogens with one attached hydrogen (secondary N) is 3. The zero-order valence-electron chi connectivity index (χ0n) is 24.8. The first-order valence-electron chi connectivity index (χ1n) is 14.1. The molecule has 4 N–H and O–H groups in total. The van der Waals surface area contributed by atoms with Crippen LogP contribution in [0.2, 0.25) is 0 Å². The third-order valence-electron chi connectivity index (χ3n) is 7.59. The number of anilines is 1. The highest BCUT2D eigenvalue weighted by Crippen LogP contribution is 2.40. The minimum Gasteiger partial charge on any atom is -0.381 e. The van der Waals surface area contributed by atoms with Gasteiger partial charge in [0.05, 0.1) is 23.2 Å². The van der Waals surface area contributed by atoms with E-state index in [0.29, 0.717) is 11.6 Å². The average Bonchev–Trinajstić information content (AvgIpc) is 3.31. The number of urea groups is 1. The molecule has 1 fully saturated rings. The molecule has 0 bridgehead atoms. The Hall–Kier alpha value is -4.10. The van der Waals surface area contributed by atoms with Crippen molar-refractivity contribution in [1.82, 2.24) is 15.5 Å². The quantitative estimate of drug-likeness (QED) is 0.238. The first kappa shape index (κ1) is 33.8. The predicted molar refractivity (Wildman–Crippen MR) is 164 cm³/mol. The standard InChI is InChI=1S/C32H34F4N4O4S/c1-19-10-7-8-13-21(19)17-37-28(42)27-31(2,3)45-18-40(27)29(43)26(41)24(16-20-11-5-4-6-12-20)39-30(44)38-23-15-9-14-22(25(23)33)32(34,35)36/h4-15,24,26-27,41H,16-18H2,1-3H3,(H,37,42)(H2,38,39,44)/t24-,26-,27+/m0/s1. The molecule has 13 heteroatoms. The number of aliphatic hydroxyl groups is 1. The highest BCUT2D eigenvalue weighted by molar-refractivity contribution is 8.00. The molecule has 8 nitrogen and oxygen atoms in total. The number of hydrogen-bond acceptors (Lipinski definition) is 5. The Kier molecular flexibility index (Phi) is 10.4. The van der Waals surface area contributed by atoms with Crippen LogP contribution < -0.4 is 16.0 Å². The molecule has 4 rings (SSSR count). The molecule has 4 amide bonds. The molecule has 45 heavy (non-hydrogen) atoms. The molecule has 1 aliphatic rings. The Morgan fingerprint density at radius 1 is 1.02 bits per heavy atom. The zero-order chi connectivity index (χ0) is 32.9. The molecular formula is C32H34F4N4O4S. The summed E-state index contributed by atoms with van der Waals surface area (Å²) in [6.45, 7) is 5.77. The number of hydrogen-bond donors (Lipinski definition) is 4. The fraction of sp³-hybridized carbons (Fsp3) is 0.344. The van der Waals surface area contributed by atoms with Crippen LogP contribution in [0.1, 0.15) is 36.1 Å². The summed E-state index contributed by atoms with van der Waals surface area (Å²) >= 11 is 1.35. The number of benzene rings is 3. The number of carbonyl (C=O) groups excluding carboxylic acids is 3. The first-order valence-corrected chi connectivity index (χ1v) is 15.1. The smallest absolute Gasteiger partial charge is 0.381 e. The fourth-order valence-electron chi connectivity index (χ4n) is 5.13. The summed E-state index contributed by atoms with van der Waals surface area (Å²) in [5, 5.41) is 18.7. The summed E-state index contributed by atoms with van der Waals surface area (Å²) < 4.78 is 53.4. The topological polar surface area (TPSA) is 111 Å². The second-order valence-corrected chi connectivity index (χ2v) is 12.8. The van der Waals surface area contributed by atoms with Crippen molar-refractivity contribution < 1.29 is 37.1 Å². The van der Waals surface area contributed by atoms with Gasteiger partial charge in [-0.1, -0.05) is 60.7 Å². The molecular weight excluding hydrogens is 612 g/mol. The first-order chi connectivity index (χ1) is 21.2. The van der Waals surface area contributed by atoms with Gasteiger partial charge in [-0.25, -0.2) is 9.18 Å². The lowest BCUT2D eigenvalue weighted by atomic mass is 9.97.